The maximum absolute atomic E-state index is 12.4. The van der Waals surface area contributed by atoms with Gasteiger partial charge in [0.2, 0.25) is 6.54 Å². The second-order valence-corrected chi connectivity index (χ2v) is 5.22. The van der Waals surface area contributed by atoms with Crippen LogP contribution in [0.4, 0.5) is 5.69 Å². The third-order valence-electron chi connectivity index (χ3n) is 3.48. The molecule has 25 heavy (non-hydrogen) atoms. The SMILES string of the molecule is CCOC(=O)c1ccc(NC(=O)c2ccccc2CC[N+](=O)[O-])cc1. The molecule has 0 spiro atoms. The zero-order valence-corrected chi connectivity index (χ0v) is 13.7. The molecule has 0 heterocycles. The van der Waals surface area contributed by atoms with E-state index in [-0.39, 0.29) is 25.5 Å². The van der Waals surface area contributed by atoms with Crippen LogP contribution in [0.3, 0.4) is 0 Å². The highest BCUT2D eigenvalue weighted by Gasteiger charge is 2.13. The molecule has 1 N–H and O–H groups in total. The molecule has 0 aliphatic heterocycles. The van der Waals surface area contributed by atoms with Crippen molar-refractivity contribution in [2.45, 2.75) is 13.3 Å². The fourth-order valence-corrected chi connectivity index (χ4v) is 2.27. The number of carbonyl (C=O) groups excluding carboxylic acids is 2. The van der Waals surface area contributed by atoms with E-state index < -0.39 is 10.9 Å². The summed E-state index contributed by atoms with van der Waals surface area (Å²) in [5.74, 6) is -0.784. The molecule has 7 heteroatoms. The lowest BCUT2D eigenvalue weighted by molar-refractivity contribution is -0.479. The van der Waals surface area contributed by atoms with Crippen LogP contribution in [-0.2, 0) is 11.2 Å². The number of hydrogen-bond acceptors (Lipinski definition) is 5. The third-order valence-corrected chi connectivity index (χ3v) is 3.48. The lowest BCUT2D eigenvalue weighted by atomic mass is 10.0. The Bertz CT molecular complexity index is 771. The molecule has 2 aromatic carbocycles. The van der Waals surface area contributed by atoms with Gasteiger partial charge in [-0.05, 0) is 42.8 Å². The first-order chi connectivity index (χ1) is 12.0. The number of rotatable bonds is 7. The van der Waals surface area contributed by atoms with Gasteiger partial charge in [-0.2, -0.15) is 0 Å². The van der Waals surface area contributed by atoms with Gasteiger partial charge in [-0.25, -0.2) is 4.79 Å². The van der Waals surface area contributed by atoms with Crippen molar-refractivity contribution in [1.82, 2.24) is 0 Å². The highest BCUT2D eigenvalue weighted by Crippen LogP contribution is 2.15. The average molecular weight is 342 g/mol. The highest BCUT2D eigenvalue weighted by molar-refractivity contribution is 6.05. The lowest BCUT2D eigenvalue weighted by Crippen LogP contribution is -2.16. The Morgan fingerprint density at radius 2 is 1.80 bits per heavy atom. The van der Waals surface area contributed by atoms with Gasteiger partial charge in [-0.1, -0.05) is 18.2 Å². The lowest BCUT2D eigenvalue weighted by Gasteiger charge is -2.09. The van der Waals surface area contributed by atoms with E-state index in [9.17, 15) is 19.7 Å². The quantitative estimate of drug-likeness (QED) is 0.474. The smallest absolute Gasteiger partial charge is 0.338 e. The van der Waals surface area contributed by atoms with E-state index in [2.05, 4.69) is 5.32 Å². The zero-order chi connectivity index (χ0) is 18.2. The van der Waals surface area contributed by atoms with Gasteiger partial charge in [0.1, 0.15) is 0 Å². The Kier molecular flexibility index (Phi) is 6.22. The first-order valence-corrected chi connectivity index (χ1v) is 7.79. The second kappa shape index (κ2) is 8.58. The van der Waals surface area contributed by atoms with Gasteiger partial charge in [-0.3, -0.25) is 14.9 Å². The molecular weight excluding hydrogens is 324 g/mol. The molecule has 130 valence electrons. The number of nitro groups is 1. The van der Waals surface area contributed by atoms with Gasteiger partial charge >= 0.3 is 5.97 Å². The van der Waals surface area contributed by atoms with Crippen molar-refractivity contribution < 1.29 is 19.2 Å². The van der Waals surface area contributed by atoms with Crippen LogP contribution in [0, 0.1) is 10.1 Å². The Morgan fingerprint density at radius 3 is 2.44 bits per heavy atom. The van der Waals surface area contributed by atoms with Crippen LogP contribution < -0.4 is 5.32 Å². The molecular formula is C18H18N2O5. The topological polar surface area (TPSA) is 98.5 Å². The molecule has 0 saturated carbocycles. The zero-order valence-electron chi connectivity index (χ0n) is 13.7. The molecule has 0 aliphatic carbocycles. The highest BCUT2D eigenvalue weighted by atomic mass is 16.6. The van der Waals surface area contributed by atoms with Crippen LogP contribution in [0.5, 0.6) is 0 Å². The summed E-state index contributed by atoms with van der Waals surface area (Å²) in [5, 5.41) is 13.3. The number of nitrogens with zero attached hydrogens (tertiary/aromatic N) is 1. The van der Waals surface area contributed by atoms with Gasteiger partial charge < -0.3 is 10.1 Å². The third kappa shape index (κ3) is 5.13. The number of ether oxygens (including phenoxy) is 1. The van der Waals surface area contributed by atoms with Crippen molar-refractivity contribution in [2.24, 2.45) is 0 Å². The van der Waals surface area contributed by atoms with E-state index in [1.54, 1.807) is 55.5 Å². The summed E-state index contributed by atoms with van der Waals surface area (Å²) in [4.78, 5) is 34.2. The number of benzene rings is 2. The summed E-state index contributed by atoms with van der Waals surface area (Å²) in [6.45, 7) is 1.78. The minimum Gasteiger partial charge on any atom is -0.462 e. The molecule has 1 amide bonds. The van der Waals surface area contributed by atoms with Gasteiger partial charge in [0.15, 0.2) is 0 Å². The summed E-state index contributed by atoms with van der Waals surface area (Å²) >= 11 is 0. The standard InChI is InChI=1S/C18H18N2O5/c1-2-25-18(22)14-7-9-15(10-8-14)19-17(21)16-6-4-3-5-13(16)11-12-20(23)24/h3-10H,2,11-12H2,1H3,(H,19,21). The van der Waals surface area contributed by atoms with E-state index >= 15 is 0 Å². The summed E-state index contributed by atoms with van der Waals surface area (Å²) < 4.78 is 4.90. The van der Waals surface area contributed by atoms with E-state index in [0.29, 0.717) is 22.4 Å². The minimum absolute atomic E-state index is 0.179. The van der Waals surface area contributed by atoms with Crippen LogP contribution in [-0.4, -0.2) is 30.0 Å². The fourth-order valence-electron chi connectivity index (χ4n) is 2.27. The van der Waals surface area contributed by atoms with Crippen LogP contribution in [0.25, 0.3) is 0 Å². The first-order valence-electron chi connectivity index (χ1n) is 7.79. The predicted molar refractivity (Wildman–Crippen MR) is 92.4 cm³/mol. The number of amides is 1. The van der Waals surface area contributed by atoms with Crippen molar-refractivity contribution in [2.75, 3.05) is 18.5 Å². The van der Waals surface area contributed by atoms with Gasteiger partial charge in [0, 0.05) is 22.6 Å². The summed E-state index contributed by atoms with van der Waals surface area (Å²) in [6, 6.07) is 13.1. The van der Waals surface area contributed by atoms with Crippen LogP contribution >= 0.6 is 0 Å². The molecule has 2 aromatic rings. The van der Waals surface area contributed by atoms with Crippen LogP contribution in [0.1, 0.15) is 33.2 Å². The van der Waals surface area contributed by atoms with Crippen LogP contribution in [0.2, 0.25) is 0 Å². The molecule has 0 aromatic heterocycles. The summed E-state index contributed by atoms with van der Waals surface area (Å²) in [6.07, 6.45) is 0.179. The predicted octanol–water partition coefficient (Wildman–Crippen LogP) is 2.93. The molecule has 0 aliphatic rings. The molecule has 0 saturated heterocycles. The normalized spacial score (nSPS) is 10.1. The first kappa shape index (κ1) is 18.1. The molecule has 0 unspecified atom stereocenters. The van der Waals surface area contributed by atoms with Crippen molar-refractivity contribution in [3.63, 3.8) is 0 Å². The summed E-state index contributed by atoms with van der Waals surface area (Å²) in [7, 11) is 0. The number of hydrogen-bond donors (Lipinski definition) is 1. The molecule has 0 bridgehead atoms. The maximum atomic E-state index is 12.4. The van der Waals surface area contributed by atoms with Crippen molar-refractivity contribution in [3.05, 3.63) is 75.3 Å². The van der Waals surface area contributed by atoms with E-state index in [1.807, 2.05) is 0 Å². The van der Waals surface area contributed by atoms with Gasteiger partial charge in [0.05, 0.1) is 12.2 Å². The Hall–Kier alpha value is -3.22. The molecule has 2 rings (SSSR count). The number of nitrogens with one attached hydrogen (secondary N) is 1. The number of esters is 1. The number of carbonyl (C=O) groups is 2. The molecule has 0 fully saturated rings. The van der Waals surface area contributed by atoms with E-state index in [4.69, 9.17) is 4.74 Å². The van der Waals surface area contributed by atoms with E-state index in [1.165, 1.54) is 0 Å². The molecule has 0 radical (unpaired) electrons. The molecule has 7 nitrogen and oxygen atoms in total. The van der Waals surface area contributed by atoms with Crippen LogP contribution in [0.15, 0.2) is 48.5 Å². The van der Waals surface area contributed by atoms with Crippen molar-refractivity contribution in [3.8, 4) is 0 Å². The monoisotopic (exact) mass is 342 g/mol. The maximum Gasteiger partial charge on any atom is 0.338 e. The average Bonchev–Trinajstić information content (AvgIpc) is 2.61. The Morgan fingerprint density at radius 1 is 1.12 bits per heavy atom. The van der Waals surface area contributed by atoms with Crippen molar-refractivity contribution in [1.29, 1.82) is 0 Å². The van der Waals surface area contributed by atoms with Crippen molar-refractivity contribution >= 4 is 17.6 Å². The van der Waals surface area contributed by atoms with E-state index in [0.717, 1.165) is 0 Å². The Balaban J connectivity index is 2.09. The minimum atomic E-state index is -0.425. The summed E-state index contributed by atoms with van der Waals surface area (Å²) in [5.41, 5.74) is 1.91. The number of anilines is 1. The van der Waals surface area contributed by atoms with Gasteiger partial charge in [0.25, 0.3) is 5.91 Å². The van der Waals surface area contributed by atoms with Gasteiger partial charge in [-0.15, -0.1) is 0 Å². The fraction of sp³-hybridized carbons (Fsp3) is 0.222. The largest absolute Gasteiger partial charge is 0.462 e. The second-order valence-electron chi connectivity index (χ2n) is 5.22. The Labute approximate surface area is 144 Å². The molecule has 0 atom stereocenters.